The quantitative estimate of drug-likeness (QED) is 0.387. The second kappa shape index (κ2) is 9.99. The molecule has 3 rings (SSSR count). The molecule has 0 aliphatic carbocycles. The molecule has 1 aromatic heterocycles. The van der Waals surface area contributed by atoms with Gasteiger partial charge in [-0.2, -0.15) is 0 Å². The fourth-order valence-corrected chi connectivity index (χ4v) is 3.37. The van der Waals surface area contributed by atoms with Crippen molar-refractivity contribution < 1.29 is 28.6 Å². The average molecular weight is 468 g/mol. The van der Waals surface area contributed by atoms with Crippen LogP contribution in [0.15, 0.2) is 57.7 Å². The molecule has 0 fully saturated rings. The summed E-state index contributed by atoms with van der Waals surface area (Å²) in [5.41, 5.74) is -0.412. The number of nitrogens with one attached hydrogen (secondary N) is 1. The van der Waals surface area contributed by atoms with Crippen LogP contribution in [0.3, 0.4) is 0 Å². The molecule has 1 atom stereocenters. The molecule has 1 heterocycles. The van der Waals surface area contributed by atoms with E-state index < -0.39 is 29.1 Å². The first-order valence-corrected chi connectivity index (χ1v) is 11.0. The summed E-state index contributed by atoms with van der Waals surface area (Å²) in [6.45, 7) is 8.96. The predicted molar refractivity (Wildman–Crippen MR) is 128 cm³/mol. The van der Waals surface area contributed by atoms with Crippen molar-refractivity contribution in [1.29, 1.82) is 0 Å². The average Bonchev–Trinajstić information content (AvgIpc) is 2.71. The summed E-state index contributed by atoms with van der Waals surface area (Å²) in [4.78, 5) is 37.7. The Morgan fingerprint density at radius 1 is 1.09 bits per heavy atom. The highest BCUT2D eigenvalue weighted by molar-refractivity contribution is 5.88. The fraction of sp³-hybridized carbons (Fsp3) is 0.346. The number of rotatable bonds is 6. The van der Waals surface area contributed by atoms with Gasteiger partial charge in [0.1, 0.15) is 39.9 Å². The molecule has 3 aromatic rings. The highest BCUT2D eigenvalue weighted by atomic mass is 16.6. The van der Waals surface area contributed by atoms with Gasteiger partial charge in [-0.15, -0.1) is 0 Å². The first-order valence-electron chi connectivity index (χ1n) is 11.0. The van der Waals surface area contributed by atoms with Crippen LogP contribution in [0, 0.1) is 5.92 Å². The van der Waals surface area contributed by atoms with Crippen molar-refractivity contribution in [3.05, 3.63) is 58.8 Å². The molecule has 0 radical (unpaired) electrons. The van der Waals surface area contributed by atoms with Crippen LogP contribution >= 0.6 is 0 Å². The molecule has 0 spiro atoms. The highest BCUT2D eigenvalue weighted by Gasteiger charge is 2.27. The number of fused-ring (bicyclic) bond motifs is 1. The minimum absolute atomic E-state index is 0.0231. The van der Waals surface area contributed by atoms with E-state index in [1.165, 1.54) is 18.2 Å². The topological polar surface area (TPSA) is 115 Å². The highest BCUT2D eigenvalue weighted by Crippen LogP contribution is 2.31. The summed E-state index contributed by atoms with van der Waals surface area (Å²) in [6.07, 6.45) is -0.430. The molecule has 0 saturated heterocycles. The number of phenols is 1. The maximum absolute atomic E-state index is 12.9. The summed E-state index contributed by atoms with van der Waals surface area (Å²) in [6, 6.07) is 11.9. The number of phenolic OH excluding ortho intramolecular Hbond substituents is 1. The Labute approximate surface area is 197 Å². The monoisotopic (exact) mass is 467 g/mol. The Bertz CT molecular complexity index is 1240. The Hall–Kier alpha value is -3.81. The van der Waals surface area contributed by atoms with E-state index in [2.05, 4.69) is 5.32 Å². The van der Waals surface area contributed by atoms with E-state index in [4.69, 9.17) is 13.9 Å². The van der Waals surface area contributed by atoms with Crippen LogP contribution in [0.4, 0.5) is 4.79 Å². The lowest BCUT2D eigenvalue weighted by Crippen LogP contribution is -2.45. The zero-order chi connectivity index (χ0) is 25.0. The number of benzene rings is 2. The predicted octanol–water partition coefficient (Wildman–Crippen LogP) is 5.01. The Morgan fingerprint density at radius 3 is 2.38 bits per heavy atom. The van der Waals surface area contributed by atoms with Gasteiger partial charge in [0.2, 0.25) is 0 Å². The first-order chi connectivity index (χ1) is 15.9. The third-order valence-electron chi connectivity index (χ3n) is 4.74. The minimum Gasteiger partial charge on any atom is -0.507 e. The zero-order valence-electron chi connectivity index (χ0n) is 19.9. The lowest BCUT2D eigenvalue weighted by molar-refractivity contribution is -0.137. The number of carbonyl (C=O) groups is 2. The molecule has 8 heteroatoms. The number of ether oxygens (including phenoxy) is 2. The van der Waals surface area contributed by atoms with Gasteiger partial charge in [-0.05, 0) is 33.1 Å². The van der Waals surface area contributed by atoms with Gasteiger partial charge in [0.15, 0.2) is 5.43 Å². The molecule has 8 nitrogen and oxygen atoms in total. The molecule has 0 bridgehead atoms. The normalized spacial score (nSPS) is 12.4. The third-order valence-corrected chi connectivity index (χ3v) is 4.74. The Balaban J connectivity index is 1.90. The number of aromatic hydroxyl groups is 1. The number of alkyl carbamates (subject to hydrolysis) is 1. The number of hydrogen-bond donors (Lipinski definition) is 2. The maximum Gasteiger partial charge on any atom is 0.408 e. The van der Waals surface area contributed by atoms with E-state index in [1.807, 2.05) is 32.0 Å². The van der Waals surface area contributed by atoms with E-state index in [0.29, 0.717) is 17.7 Å². The molecule has 2 aromatic carbocycles. The molecule has 0 aliphatic rings. The molecular formula is C26H29NO7. The van der Waals surface area contributed by atoms with Gasteiger partial charge >= 0.3 is 12.1 Å². The smallest absolute Gasteiger partial charge is 0.408 e. The SMILES string of the molecule is CC(C)CC(NC(=O)OC(C)(C)C)C(=O)Oc1cc(O)c2c(=O)cc(-c3ccccc3)oc2c1. The van der Waals surface area contributed by atoms with E-state index in [9.17, 15) is 19.5 Å². The zero-order valence-corrected chi connectivity index (χ0v) is 19.9. The Morgan fingerprint density at radius 2 is 1.76 bits per heavy atom. The lowest BCUT2D eigenvalue weighted by Gasteiger charge is -2.23. The largest absolute Gasteiger partial charge is 0.507 e. The van der Waals surface area contributed by atoms with Crippen molar-refractivity contribution in [3.8, 4) is 22.8 Å². The summed E-state index contributed by atoms with van der Waals surface area (Å²) in [5, 5.41) is 12.9. The van der Waals surface area contributed by atoms with Crippen LogP contribution in [-0.4, -0.2) is 28.8 Å². The standard InChI is InChI=1S/C26H29NO7/c1-15(2)11-18(27-25(31)34-26(3,4)5)24(30)32-17-12-19(28)23-20(29)14-21(33-22(23)13-17)16-9-7-6-8-10-16/h6-10,12-15,18,28H,11H2,1-5H3,(H,27,31). The van der Waals surface area contributed by atoms with E-state index in [1.54, 1.807) is 32.9 Å². The number of carbonyl (C=O) groups excluding carboxylic acids is 2. The van der Waals surface area contributed by atoms with E-state index >= 15 is 0 Å². The van der Waals surface area contributed by atoms with Gasteiger partial charge in [0, 0.05) is 23.8 Å². The molecular weight excluding hydrogens is 438 g/mol. The van der Waals surface area contributed by atoms with Crippen LogP contribution < -0.4 is 15.5 Å². The fourth-order valence-electron chi connectivity index (χ4n) is 3.37. The first kappa shape index (κ1) is 24.8. The van der Waals surface area contributed by atoms with E-state index in [0.717, 1.165) is 0 Å². The van der Waals surface area contributed by atoms with E-state index in [-0.39, 0.29) is 28.4 Å². The molecule has 1 unspecified atom stereocenters. The molecule has 2 N–H and O–H groups in total. The van der Waals surface area contributed by atoms with Gasteiger partial charge in [-0.3, -0.25) is 4.79 Å². The summed E-state index contributed by atoms with van der Waals surface area (Å²) >= 11 is 0. The number of amides is 1. The second-order valence-electron chi connectivity index (χ2n) is 9.41. The van der Waals surface area contributed by atoms with Crippen molar-refractivity contribution in [2.45, 2.75) is 52.7 Å². The summed E-state index contributed by atoms with van der Waals surface area (Å²) < 4.78 is 16.5. The van der Waals surface area contributed by atoms with Crippen molar-refractivity contribution >= 4 is 23.0 Å². The van der Waals surface area contributed by atoms with Crippen molar-refractivity contribution in [2.75, 3.05) is 0 Å². The van der Waals surface area contributed by atoms with Crippen LogP contribution in [0.1, 0.15) is 41.0 Å². The summed E-state index contributed by atoms with van der Waals surface area (Å²) in [7, 11) is 0. The maximum atomic E-state index is 12.9. The van der Waals surface area contributed by atoms with Gasteiger partial charge in [-0.25, -0.2) is 9.59 Å². The van der Waals surface area contributed by atoms with Crippen molar-refractivity contribution in [1.82, 2.24) is 5.32 Å². The number of hydrogen-bond acceptors (Lipinski definition) is 7. The van der Waals surface area contributed by atoms with Crippen LogP contribution in [0.2, 0.25) is 0 Å². The molecule has 34 heavy (non-hydrogen) atoms. The molecule has 1 amide bonds. The van der Waals surface area contributed by atoms with Crippen molar-refractivity contribution in [2.24, 2.45) is 5.92 Å². The third kappa shape index (κ3) is 6.37. The van der Waals surface area contributed by atoms with Gasteiger partial charge in [-0.1, -0.05) is 44.2 Å². The van der Waals surface area contributed by atoms with Gasteiger partial charge in [0.25, 0.3) is 0 Å². The van der Waals surface area contributed by atoms with Crippen LogP contribution in [-0.2, 0) is 9.53 Å². The molecule has 0 aliphatic heterocycles. The second-order valence-corrected chi connectivity index (χ2v) is 9.41. The van der Waals surface area contributed by atoms with Crippen LogP contribution in [0.25, 0.3) is 22.3 Å². The Kier molecular flexibility index (Phi) is 7.29. The minimum atomic E-state index is -0.977. The number of esters is 1. The summed E-state index contributed by atoms with van der Waals surface area (Å²) in [5.74, 6) is -0.758. The van der Waals surface area contributed by atoms with Gasteiger partial charge in [0.05, 0.1) is 0 Å². The van der Waals surface area contributed by atoms with Crippen LogP contribution in [0.5, 0.6) is 11.5 Å². The molecule has 180 valence electrons. The molecule has 0 saturated carbocycles. The lowest BCUT2D eigenvalue weighted by atomic mass is 10.0. The van der Waals surface area contributed by atoms with Crippen molar-refractivity contribution in [3.63, 3.8) is 0 Å². The van der Waals surface area contributed by atoms with Gasteiger partial charge < -0.3 is 24.3 Å².